The second-order valence-electron chi connectivity index (χ2n) is 6.73. The summed E-state index contributed by atoms with van der Waals surface area (Å²) < 4.78 is 10.4. The third-order valence-electron chi connectivity index (χ3n) is 4.51. The number of aromatic nitrogens is 4. The summed E-state index contributed by atoms with van der Waals surface area (Å²) in [6.45, 7) is 2.28. The van der Waals surface area contributed by atoms with E-state index in [0.29, 0.717) is 28.7 Å². The van der Waals surface area contributed by atoms with Crippen molar-refractivity contribution in [2.45, 2.75) is 39.0 Å². The van der Waals surface area contributed by atoms with Crippen LogP contribution >= 0.6 is 11.6 Å². The molecule has 0 aliphatic carbocycles. The number of hydrogen-bond donors (Lipinski definition) is 3. The Kier molecular flexibility index (Phi) is 7.56. The lowest BCUT2D eigenvalue weighted by molar-refractivity contribution is -0.142. The van der Waals surface area contributed by atoms with Crippen LogP contribution in [0.4, 0.5) is 0 Å². The fourth-order valence-electron chi connectivity index (χ4n) is 3.14. The molecule has 3 aromatic rings. The zero-order valence-electron chi connectivity index (χ0n) is 16.8. The smallest absolute Gasteiger partial charge is 0.329 e. The first-order valence-electron chi connectivity index (χ1n) is 9.57. The van der Waals surface area contributed by atoms with Crippen LogP contribution in [0.2, 0.25) is 5.02 Å². The van der Waals surface area contributed by atoms with E-state index in [2.05, 4.69) is 32.4 Å². The van der Waals surface area contributed by atoms with E-state index >= 15 is 0 Å². The van der Waals surface area contributed by atoms with Crippen molar-refractivity contribution in [1.82, 2.24) is 25.5 Å². The molecule has 1 atom stereocenters. The normalized spacial score (nSPS) is 12.2. The Morgan fingerprint density at radius 2 is 2.20 bits per heavy atom. The zero-order valence-corrected chi connectivity index (χ0v) is 17.6. The van der Waals surface area contributed by atoms with E-state index in [9.17, 15) is 4.79 Å². The number of carboxylic acid groups (broad SMARTS) is 1. The van der Waals surface area contributed by atoms with Gasteiger partial charge in [-0.1, -0.05) is 31.0 Å². The molecule has 3 N–H and O–H groups in total. The number of methoxy groups -OCH3 is 1. The summed E-state index contributed by atoms with van der Waals surface area (Å²) in [4.78, 5) is 19.7. The van der Waals surface area contributed by atoms with E-state index < -0.39 is 12.6 Å². The molecule has 0 radical (unpaired) electrons. The fraction of sp³-hybridized carbons (Fsp3) is 0.400. The molecule has 1 unspecified atom stereocenters. The second-order valence-corrected chi connectivity index (χ2v) is 7.14. The van der Waals surface area contributed by atoms with Crippen molar-refractivity contribution in [3.05, 3.63) is 46.5 Å². The number of H-pyrrole nitrogens is 1. The molecule has 0 aliphatic heterocycles. The quantitative estimate of drug-likeness (QED) is 0.421. The molecular formula is C20H24ClN5O4. The lowest BCUT2D eigenvalue weighted by Gasteiger charge is -2.19. The Morgan fingerprint density at radius 3 is 2.90 bits per heavy atom. The van der Waals surface area contributed by atoms with Crippen LogP contribution in [0.1, 0.15) is 42.9 Å². The molecule has 3 rings (SSSR count). The average molecular weight is 434 g/mol. The predicted molar refractivity (Wildman–Crippen MR) is 111 cm³/mol. The Morgan fingerprint density at radius 1 is 1.37 bits per heavy atom. The van der Waals surface area contributed by atoms with Crippen molar-refractivity contribution < 1.29 is 19.4 Å². The molecule has 1 aromatic carbocycles. The number of carboxylic acids is 1. The standard InChI is InChI=1S/C20H24ClN5O4/c1-3-4-14(22-8-12-5-6-16(29-2)13(21)7-12)19-20-15(9-23-26-20)24-17(25-19)10-30-11-18(27)28/h5-7,9,14,22H,3-4,8,10-11H2,1-2H3,(H,23,26)(H,27,28). The molecule has 0 bridgehead atoms. The van der Waals surface area contributed by atoms with Crippen molar-refractivity contribution in [1.29, 1.82) is 0 Å². The molecule has 10 heteroatoms. The largest absolute Gasteiger partial charge is 0.495 e. The lowest BCUT2D eigenvalue weighted by atomic mass is 10.1. The molecule has 2 heterocycles. The summed E-state index contributed by atoms with van der Waals surface area (Å²) >= 11 is 6.24. The summed E-state index contributed by atoms with van der Waals surface area (Å²) in [7, 11) is 1.58. The summed E-state index contributed by atoms with van der Waals surface area (Å²) in [5.74, 6) is 0.00494. The van der Waals surface area contributed by atoms with Gasteiger partial charge in [-0.05, 0) is 24.1 Å². The Balaban J connectivity index is 1.82. The monoisotopic (exact) mass is 433 g/mol. The van der Waals surface area contributed by atoms with E-state index in [0.717, 1.165) is 29.6 Å². The van der Waals surface area contributed by atoms with Gasteiger partial charge in [0.15, 0.2) is 5.82 Å². The Hall–Kier alpha value is -2.75. The van der Waals surface area contributed by atoms with Crippen molar-refractivity contribution >= 4 is 28.6 Å². The number of aromatic amines is 1. The van der Waals surface area contributed by atoms with Gasteiger partial charge in [0.25, 0.3) is 0 Å². The minimum Gasteiger partial charge on any atom is -0.495 e. The van der Waals surface area contributed by atoms with Gasteiger partial charge in [0, 0.05) is 6.54 Å². The van der Waals surface area contributed by atoms with Crippen LogP contribution in [-0.2, 0) is 22.7 Å². The zero-order chi connectivity index (χ0) is 21.5. The van der Waals surface area contributed by atoms with Crippen LogP contribution in [0.15, 0.2) is 24.4 Å². The van der Waals surface area contributed by atoms with Gasteiger partial charge in [0.1, 0.15) is 30.0 Å². The first-order valence-corrected chi connectivity index (χ1v) is 9.94. The highest BCUT2D eigenvalue weighted by molar-refractivity contribution is 6.32. The van der Waals surface area contributed by atoms with E-state index in [1.807, 2.05) is 18.2 Å². The highest BCUT2D eigenvalue weighted by Gasteiger charge is 2.19. The number of rotatable bonds is 11. The van der Waals surface area contributed by atoms with Crippen molar-refractivity contribution in [3.63, 3.8) is 0 Å². The van der Waals surface area contributed by atoms with Crippen LogP contribution in [0.25, 0.3) is 11.0 Å². The van der Waals surface area contributed by atoms with Gasteiger partial charge in [-0.2, -0.15) is 5.10 Å². The van der Waals surface area contributed by atoms with E-state index in [1.165, 1.54) is 0 Å². The first-order chi connectivity index (χ1) is 14.5. The molecule has 0 saturated heterocycles. The highest BCUT2D eigenvalue weighted by Crippen LogP contribution is 2.27. The molecule has 0 fully saturated rings. The maximum atomic E-state index is 10.7. The van der Waals surface area contributed by atoms with E-state index in [-0.39, 0.29) is 12.6 Å². The van der Waals surface area contributed by atoms with Crippen molar-refractivity contribution in [2.24, 2.45) is 0 Å². The van der Waals surface area contributed by atoms with Crippen LogP contribution in [0, 0.1) is 0 Å². The molecule has 0 aliphatic rings. The van der Waals surface area contributed by atoms with Gasteiger partial charge < -0.3 is 19.9 Å². The maximum absolute atomic E-state index is 10.7. The third-order valence-corrected chi connectivity index (χ3v) is 4.80. The SMILES string of the molecule is CCCC(NCc1ccc(OC)c(Cl)c1)c1nc(COCC(=O)O)nc2cn[nH]c12. The van der Waals surface area contributed by atoms with Gasteiger partial charge in [-0.15, -0.1) is 0 Å². The molecule has 2 aromatic heterocycles. The first kappa shape index (κ1) is 21.9. The van der Waals surface area contributed by atoms with Crippen LogP contribution in [0.5, 0.6) is 5.75 Å². The number of nitrogens with zero attached hydrogens (tertiary/aromatic N) is 3. The third kappa shape index (κ3) is 5.44. The molecule has 0 saturated carbocycles. The minimum absolute atomic E-state index is 0.00729. The van der Waals surface area contributed by atoms with Gasteiger partial charge in [-0.25, -0.2) is 14.8 Å². The summed E-state index contributed by atoms with van der Waals surface area (Å²) in [5, 5.41) is 19.9. The van der Waals surface area contributed by atoms with Crippen LogP contribution < -0.4 is 10.1 Å². The Bertz CT molecular complexity index is 1010. The molecule has 30 heavy (non-hydrogen) atoms. The summed E-state index contributed by atoms with van der Waals surface area (Å²) in [6, 6.07) is 5.59. The number of carbonyl (C=O) groups is 1. The molecule has 160 valence electrons. The van der Waals surface area contributed by atoms with Gasteiger partial charge >= 0.3 is 5.97 Å². The summed E-state index contributed by atoms with van der Waals surface area (Å²) in [6.07, 6.45) is 3.39. The average Bonchev–Trinajstić information content (AvgIpc) is 3.19. The number of benzene rings is 1. The lowest BCUT2D eigenvalue weighted by Crippen LogP contribution is -2.23. The molecule has 0 spiro atoms. The van der Waals surface area contributed by atoms with Crippen molar-refractivity contribution in [2.75, 3.05) is 13.7 Å². The number of fused-ring (bicyclic) bond motifs is 1. The van der Waals surface area contributed by atoms with Gasteiger partial charge in [0.05, 0.1) is 30.1 Å². The second kappa shape index (κ2) is 10.3. The highest BCUT2D eigenvalue weighted by atomic mass is 35.5. The van der Waals surface area contributed by atoms with Gasteiger partial charge in [0.2, 0.25) is 0 Å². The minimum atomic E-state index is -1.04. The number of hydrogen-bond acceptors (Lipinski definition) is 7. The Labute approximate surface area is 178 Å². The number of halogens is 1. The van der Waals surface area contributed by atoms with E-state index in [1.54, 1.807) is 13.3 Å². The fourth-order valence-corrected chi connectivity index (χ4v) is 3.42. The molecule has 9 nitrogen and oxygen atoms in total. The number of ether oxygens (including phenoxy) is 2. The molecular weight excluding hydrogens is 410 g/mol. The van der Waals surface area contributed by atoms with Crippen molar-refractivity contribution in [3.8, 4) is 5.75 Å². The maximum Gasteiger partial charge on any atom is 0.329 e. The predicted octanol–water partition coefficient (Wildman–Crippen LogP) is 3.25. The van der Waals surface area contributed by atoms with E-state index in [4.69, 9.17) is 26.2 Å². The van der Waals surface area contributed by atoms with Crippen LogP contribution in [-0.4, -0.2) is 45.0 Å². The van der Waals surface area contributed by atoms with Crippen LogP contribution in [0.3, 0.4) is 0 Å². The topological polar surface area (TPSA) is 122 Å². The molecule has 0 amide bonds. The summed E-state index contributed by atoms with van der Waals surface area (Å²) in [5.41, 5.74) is 3.19. The van der Waals surface area contributed by atoms with Gasteiger partial charge in [-0.3, -0.25) is 5.10 Å². The number of nitrogens with one attached hydrogen (secondary N) is 2. The number of aliphatic carboxylic acids is 1.